The first kappa shape index (κ1) is 25.6. The van der Waals surface area contributed by atoms with E-state index in [4.69, 9.17) is 37.8 Å². The maximum Gasteiger partial charge on any atom is 0.419 e. The van der Waals surface area contributed by atoms with Crippen molar-refractivity contribution in [3.05, 3.63) is 88.0 Å². The van der Waals surface area contributed by atoms with Crippen LogP contribution in [0, 0.1) is 0 Å². The molecule has 0 aliphatic heterocycles. The van der Waals surface area contributed by atoms with Gasteiger partial charge in [-0.3, -0.25) is 4.79 Å². The van der Waals surface area contributed by atoms with Crippen molar-refractivity contribution in [3.8, 4) is 16.9 Å². The highest BCUT2D eigenvalue weighted by atomic mass is 35.5. The summed E-state index contributed by atoms with van der Waals surface area (Å²) in [5, 5.41) is 10.4. The Morgan fingerprint density at radius 2 is 1.53 bits per heavy atom. The molecule has 4 aromatic rings. The molecule has 0 radical (unpaired) electrons. The first-order valence-corrected chi connectivity index (χ1v) is 12.0. The minimum absolute atomic E-state index is 0.00942. The van der Waals surface area contributed by atoms with Crippen LogP contribution in [0.4, 0.5) is 4.79 Å². The molecule has 0 spiro atoms. The van der Waals surface area contributed by atoms with Crippen molar-refractivity contribution in [2.45, 2.75) is 39.4 Å². The number of halogens is 2. The SMILES string of the molecule is CC(C)(C)OC(=O)n1c(COc2ccc(-c3ccc(CC(=O)O)cc3)cc2)cc2c(Cl)cc(Cl)cc21. The van der Waals surface area contributed by atoms with Gasteiger partial charge in [0, 0.05) is 10.4 Å². The van der Waals surface area contributed by atoms with Gasteiger partial charge in [-0.25, -0.2) is 9.36 Å². The first-order valence-electron chi connectivity index (χ1n) is 11.3. The van der Waals surface area contributed by atoms with Crippen molar-refractivity contribution in [1.82, 2.24) is 4.57 Å². The molecule has 3 aromatic carbocycles. The largest absolute Gasteiger partial charge is 0.487 e. The number of carboxylic acid groups (broad SMARTS) is 1. The molecule has 1 N–H and O–H groups in total. The van der Waals surface area contributed by atoms with Crippen molar-refractivity contribution in [3.63, 3.8) is 0 Å². The van der Waals surface area contributed by atoms with Crippen molar-refractivity contribution >= 4 is 46.2 Å². The lowest BCUT2D eigenvalue weighted by molar-refractivity contribution is -0.136. The molecule has 6 nitrogen and oxygen atoms in total. The number of fused-ring (bicyclic) bond motifs is 1. The molecule has 0 saturated carbocycles. The van der Waals surface area contributed by atoms with E-state index in [2.05, 4.69) is 0 Å². The minimum atomic E-state index is -0.861. The third-order valence-corrected chi connectivity index (χ3v) is 5.90. The highest BCUT2D eigenvalue weighted by molar-refractivity contribution is 6.38. The van der Waals surface area contributed by atoms with E-state index in [1.807, 2.05) is 36.4 Å². The average molecular weight is 526 g/mol. The summed E-state index contributed by atoms with van der Waals surface area (Å²) in [6.07, 6.45) is -0.555. The Bertz CT molecular complexity index is 1420. The predicted octanol–water partition coefficient (Wildman–Crippen LogP) is 7.60. The van der Waals surface area contributed by atoms with Crippen LogP contribution >= 0.6 is 23.2 Å². The number of ether oxygens (including phenoxy) is 2. The smallest absolute Gasteiger partial charge is 0.419 e. The molecular weight excluding hydrogens is 501 g/mol. The number of carbonyl (C=O) groups is 2. The normalized spacial score (nSPS) is 11.5. The van der Waals surface area contributed by atoms with Crippen molar-refractivity contribution in [1.29, 1.82) is 0 Å². The van der Waals surface area contributed by atoms with Gasteiger partial charge in [-0.05, 0) is 67.8 Å². The van der Waals surface area contributed by atoms with E-state index < -0.39 is 17.7 Å². The topological polar surface area (TPSA) is 77.8 Å². The monoisotopic (exact) mass is 525 g/mol. The molecule has 4 rings (SSSR count). The molecule has 0 atom stereocenters. The first-order chi connectivity index (χ1) is 17.0. The summed E-state index contributed by atoms with van der Waals surface area (Å²) in [6, 6.07) is 20.0. The van der Waals surface area contributed by atoms with E-state index in [0.29, 0.717) is 32.4 Å². The van der Waals surface area contributed by atoms with Gasteiger partial charge in [0.15, 0.2) is 0 Å². The molecule has 0 saturated heterocycles. The van der Waals surface area contributed by atoms with Crippen LogP contribution in [0.2, 0.25) is 10.0 Å². The van der Waals surface area contributed by atoms with Gasteiger partial charge in [0.2, 0.25) is 0 Å². The highest BCUT2D eigenvalue weighted by Crippen LogP contribution is 2.32. The van der Waals surface area contributed by atoms with Crippen LogP contribution in [-0.2, 0) is 22.6 Å². The zero-order chi connectivity index (χ0) is 26.0. The maximum atomic E-state index is 13.0. The van der Waals surface area contributed by atoms with Crippen molar-refractivity contribution < 1.29 is 24.2 Å². The van der Waals surface area contributed by atoms with Gasteiger partial charge in [-0.1, -0.05) is 59.6 Å². The van der Waals surface area contributed by atoms with Crippen LogP contribution in [0.25, 0.3) is 22.0 Å². The number of benzene rings is 3. The molecule has 0 fully saturated rings. The Labute approximate surface area is 219 Å². The number of aliphatic carboxylic acids is 1. The van der Waals surface area contributed by atoms with Crippen LogP contribution < -0.4 is 4.74 Å². The van der Waals surface area contributed by atoms with E-state index in [9.17, 15) is 9.59 Å². The summed E-state index contributed by atoms with van der Waals surface area (Å²) in [7, 11) is 0. The second-order valence-corrected chi connectivity index (χ2v) is 10.2. The van der Waals surface area contributed by atoms with Gasteiger partial charge < -0.3 is 14.6 Å². The minimum Gasteiger partial charge on any atom is -0.487 e. The zero-order valence-corrected chi connectivity index (χ0v) is 21.6. The summed E-state index contributed by atoms with van der Waals surface area (Å²) in [5.74, 6) is -0.244. The zero-order valence-electron chi connectivity index (χ0n) is 20.0. The number of carboxylic acids is 1. The Morgan fingerprint density at radius 3 is 2.11 bits per heavy atom. The average Bonchev–Trinajstić information content (AvgIpc) is 3.16. The summed E-state index contributed by atoms with van der Waals surface area (Å²) in [4.78, 5) is 23.9. The van der Waals surface area contributed by atoms with Gasteiger partial charge in [0.1, 0.15) is 18.0 Å². The number of nitrogens with zero attached hydrogens (tertiary/aromatic N) is 1. The standard InChI is InChI=1S/C28H25Cl2NO5/c1-28(2,3)36-27(34)31-21(15-23-24(30)13-20(29)14-25(23)31)16-35-22-10-8-19(9-11-22)18-6-4-17(5-7-18)12-26(32)33/h4-11,13-15H,12,16H2,1-3H3,(H,32,33). The molecule has 36 heavy (non-hydrogen) atoms. The second-order valence-electron chi connectivity index (χ2n) is 9.35. The fourth-order valence-electron chi connectivity index (χ4n) is 3.80. The Balaban J connectivity index is 1.56. The molecule has 0 aliphatic carbocycles. The molecule has 1 heterocycles. The van der Waals surface area contributed by atoms with Crippen molar-refractivity contribution in [2.75, 3.05) is 0 Å². The van der Waals surface area contributed by atoms with Gasteiger partial charge in [0.25, 0.3) is 0 Å². The highest BCUT2D eigenvalue weighted by Gasteiger charge is 2.23. The van der Waals surface area contributed by atoms with E-state index in [-0.39, 0.29) is 13.0 Å². The Morgan fingerprint density at radius 1 is 0.917 bits per heavy atom. The molecule has 0 unspecified atom stereocenters. The van der Waals surface area contributed by atoms with Gasteiger partial charge in [-0.15, -0.1) is 0 Å². The fourth-order valence-corrected chi connectivity index (χ4v) is 4.34. The number of hydrogen-bond acceptors (Lipinski definition) is 4. The van der Waals surface area contributed by atoms with Crippen LogP contribution in [0.5, 0.6) is 5.75 Å². The van der Waals surface area contributed by atoms with E-state index in [1.54, 1.807) is 51.1 Å². The third kappa shape index (κ3) is 6.01. The van der Waals surface area contributed by atoms with E-state index in [1.165, 1.54) is 4.57 Å². The summed E-state index contributed by atoms with van der Waals surface area (Å²) in [5.41, 5.74) is 3.10. The number of rotatable bonds is 6. The lowest BCUT2D eigenvalue weighted by Crippen LogP contribution is -2.28. The molecule has 0 amide bonds. The van der Waals surface area contributed by atoms with Gasteiger partial charge >= 0.3 is 12.1 Å². The predicted molar refractivity (Wildman–Crippen MR) is 141 cm³/mol. The molecule has 0 bridgehead atoms. The molecule has 8 heteroatoms. The third-order valence-electron chi connectivity index (χ3n) is 5.37. The fraction of sp³-hybridized carbons (Fsp3) is 0.214. The van der Waals surface area contributed by atoms with Crippen LogP contribution in [0.1, 0.15) is 32.0 Å². The Hall–Kier alpha value is -3.48. The van der Waals surface area contributed by atoms with Crippen LogP contribution in [0.15, 0.2) is 66.7 Å². The van der Waals surface area contributed by atoms with E-state index >= 15 is 0 Å². The molecular formula is C28H25Cl2NO5. The molecule has 186 valence electrons. The summed E-state index contributed by atoms with van der Waals surface area (Å²) >= 11 is 12.6. The number of aromatic nitrogens is 1. The van der Waals surface area contributed by atoms with Gasteiger partial charge in [0.05, 0.1) is 22.7 Å². The van der Waals surface area contributed by atoms with Gasteiger partial charge in [-0.2, -0.15) is 0 Å². The number of carbonyl (C=O) groups excluding carboxylic acids is 1. The van der Waals surface area contributed by atoms with Crippen LogP contribution in [0.3, 0.4) is 0 Å². The maximum absolute atomic E-state index is 13.0. The van der Waals surface area contributed by atoms with E-state index in [0.717, 1.165) is 16.7 Å². The molecule has 0 aliphatic rings. The lowest BCUT2D eigenvalue weighted by atomic mass is 10.0. The second kappa shape index (κ2) is 10.2. The number of hydrogen-bond donors (Lipinski definition) is 1. The van der Waals surface area contributed by atoms with Crippen molar-refractivity contribution in [2.24, 2.45) is 0 Å². The Kier molecular flexibility index (Phi) is 7.29. The lowest BCUT2D eigenvalue weighted by Gasteiger charge is -2.21. The van der Waals surface area contributed by atoms with Crippen LogP contribution in [-0.4, -0.2) is 27.3 Å². The summed E-state index contributed by atoms with van der Waals surface area (Å²) < 4.78 is 13.0. The molecule has 1 aromatic heterocycles. The quantitative estimate of drug-likeness (QED) is 0.280. The summed E-state index contributed by atoms with van der Waals surface area (Å²) in [6.45, 7) is 5.50.